The Balaban J connectivity index is 2.03. The minimum atomic E-state index is -3.70. The van der Waals surface area contributed by atoms with Crippen LogP contribution in [0.3, 0.4) is 0 Å². The first-order valence-corrected chi connectivity index (χ1v) is 18.1. The van der Waals surface area contributed by atoms with Crippen molar-refractivity contribution in [1.29, 1.82) is 0 Å². The van der Waals surface area contributed by atoms with Gasteiger partial charge in [-0.2, -0.15) is 0 Å². The lowest BCUT2D eigenvalue weighted by atomic mass is 10.1. The maximum Gasteiger partial charge on any atom is 0.261 e. The first-order chi connectivity index (χ1) is 17.3. The van der Waals surface area contributed by atoms with E-state index in [-0.39, 0.29) is 28.8 Å². The van der Waals surface area contributed by atoms with Crippen molar-refractivity contribution in [2.75, 3.05) is 28.7 Å². The maximum absolute atomic E-state index is 13.2. The normalized spacial score (nSPS) is 12.2. The molecule has 0 radical (unpaired) electrons. The standard InChI is InChI=1S/C25H34Cl2N4O4SSi/c1-7-13-36(33,34)31(16-35-12-14-37(4,5)6)21-11-8-18(26)24(23(21)27)29-19-9-10-20-22(17(19)2)25(32)30(3)15-28-20/h8-11,15,29H,7,12-14,16H2,1-6H3. The Bertz CT molecular complexity index is 1460. The van der Waals surface area contributed by atoms with Crippen molar-refractivity contribution < 1.29 is 13.2 Å². The fourth-order valence-electron chi connectivity index (χ4n) is 3.76. The van der Waals surface area contributed by atoms with Crippen molar-refractivity contribution in [3.63, 3.8) is 0 Å². The smallest absolute Gasteiger partial charge is 0.261 e. The van der Waals surface area contributed by atoms with E-state index in [9.17, 15) is 13.2 Å². The third-order valence-electron chi connectivity index (χ3n) is 5.95. The summed E-state index contributed by atoms with van der Waals surface area (Å²) in [6.45, 7) is 10.6. The second-order valence-electron chi connectivity index (χ2n) is 10.2. The molecule has 12 heteroatoms. The van der Waals surface area contributed by atoms with E-state index in [1.807, 2.05) is 6.92 Å². The zero-order chi connectivity index (χ0) is 27.5. The molecule has 0 amide bonds. The molecule has 1 aromatic heterocycles. The van der Waals surface area contributed by atoms with E-state index in [4.69, 9.17) is 27.9 Å². The van der Waals surface area contributed by atoms with Crippen molar-refractivity contribution >= 4 is 69.3 Å². The average molecular weight is 586 g/mol. The lowest BCUT2D eigenvalue weighted by Gasteiger charge is -2.27. The predicted molar refractivity (Wildman–Crippen MR) is 157 cm³/mol. The molecule has 0 aliphatic rings. The van der Waals surface area contributed by atoms with Gasteiger partial charge >= 0.3 is 0 Å². The van der Waals surface area contributed by atoms with Gasteiger partial charge in [-0.05, 0) is 49.2 Å². The molecular weight excluding hydrogens is 551 g/mol. The van der Waals surface area contributed by atoms with Gasteiger partial charge in [0.05, 0.1) is 44.4 Å². The van der Waals surface area contributed by atoms with Gasteiger partial charge in [0.25, 0.3) is 5.56 Å². The monoisotopic (exact) mass is 584 g/mol. The minimum absolute atomic E-state index is 0.0494. The van der Waals surface area contributed by atoms with Crippen LogP contribution >= 0.6 is 23.2 Å². The van der Waals surface area contributed by atoms with Crippen LogP contribution in [0.2, 0.25) is 35.7 Å². The Labute approximate surface area is 229 Å². The largest absolute Gasteiger partial charge is 0.360 e. The molecule has 0 saturated heterocycles. The highest BCUT2D eigenvalue weighted by atomic mass is 35.5. The zero-order valence-corrected chi connectivity index (χ0v) is 25.4. The Kier molecular flexibility index (Phi) is 9.34. The Hall–Kier alpha value is -2.11. The highest BCUT2D eigenvalue weighted by Crippen LogP contribution is 2.41. The first-order valence-electron chi connectivity index (χ1n) is 12.0. The van der Waals surface area contributed by atoms with Gasteiger partial charge in [0.1, 0.15) is 6.73 Å². The quantitative estimate of drug-likeness (QED) is 0.165. The van der Waals surface area contributed by atoms with Crippen molar-refractivity contribution in [3.8, 4) is 0 Å². The highest BCUT2D eigenvalue weighted by Gasteiger charge is 2.27. The Morgan fingerprint density at radius 2 is 1.86 bits per heavy atom. The summed E-state index contributed by atoms with van der Waals surface area (Å²) in [7, 11) is -3.41. The summed E-state index contributed by atoms with van der Waals surface area (Å²) in [6.07, 6.45) is 1.93. The summed E-state index contributed by atoms with van der Waals surface area (Å²) in [6, 6.07) is 7.61. The third-order valence-corrected chi connectivity index (χ3v) is 10.2. The topological polar surface area (TPSA) is 93.5 Å². The molecule has 3 rings (SSSR count). The SMILES string of the molecule is CCCS(=O)(=O)N(COCC[Si](C)(C)C)c1ccc(Cl)c(Nc2ccc3ncn(C)c(=O)c3c2C)c1Cl. The van der Waals surface area contributed by atoms with Gasteiger partial charge in [0, 0.05) is 27.4 Å². The second-order valence-corrected chi connectivity index (χ2v) is 18.6. The van der Waals surface area contributed by atoms with Crippen LogP contribution in [0.4, 0.5) is 17.1 Å². The number of ether oxygens (including phenoxy) is 1. The van der Waals surface area contributed by atoms with Crippen LogP contribution in [0.25, 0.3) is 10.9 Å². The molecule has 0 aliphatic carbocycles. The lowest BCUT2D eigenvalue weighted by molar-refractivity contribution is 0.156. The van der Waals surface area contributed by atoms with E-state index in [0.29, 0.717) is 45.9 Å². The number of nitrogens with zero attached hydrogens (tertiary/aromatic N) is 3. The molecule has 8 nitrogen and oxygen atoms in total. The zero-order valence-electron chi connectivity index (χ0n) is 22.1. The van der Waals surface area contributed by atoms with Crippen LogP contribution < -0.4 is 15.2 Å². The number of nitrogens with one attached hydrogen (secondary N) is 1. The van der Waals surface area contributed by atoms with Crippen LogP contribution in [0, 0.1) is 6.92 Å². The molecule has 0 saturated carbocycles. The van der Waals surface area contributed by atoms with Gasteiger partial charge in [-0.3, -0.25) is 4.79 Å². The predicted octanol–water partition coefficient (Wildman–Crippen LogP) is 6.15. The number of rotatable bonds is 11. The maximum atomic E-state index is 13.2. The number of aryl methyl sites for hydroxylation is 2. The van der Waals surface area contributed by atoms with Crippen LogP contribution in [0.1, 0.15) is 18.9 Å². The number of hydrogen-bond donors (Lipinski definition) is 1. The van der Waals surface area contributed by atoms with E-state index >= 15 is 0 Å². The lowest BCUT2D eigenvalue weighted by Crippen LogP contribution is -2.36. The van der Waals surface area contributed by atoms with Gasteiger partial charge in [-0.1, -0.05) is 49.8 Å². The van der Waals surface area contributed by atoms with E-state index in [0.717, 1.165) is 6.04 Å². The van der Waals surface area contributed by atoms with Crippen LogP contribution in [0.5, 0.6) is 0 Å². The van der Waals surface area contributed by atoms with Crippen molar-refractivity contribution in [2.45, 2.75) is 46.0 Å². The fourth-order valence-corrected chi connectivity index (χ4v) is 6.56. The van der Waals surface area contributed by atoms with Crippen molar-refractivity contribution in [3.05, 3.63) is 56.6 Å². The molecule has 3 aromatic rings. The molecule has 37 heavy (non-hydrogen) atoms. The number of anilines is 3. The number of benzene rings is 2. The van der Waals surface area contributed by atoms with Crippen LogP contribution in [0.15, 0.2) is 35.4 Å². The van der Waals surface area contributed by atoms with Gasteiger partial charge in [-0.25, -0.2) is 17.7 Å². The van der Waals surface area contributed by atoms with E-state index in [1.165, 1.54) is 15.2 Å². The number of fused-ring (bicyclic) bond motifs is 1. The summed E-state index contributed by atoms with van der Waals surface area (Å²) in [5.41, 5.74) is 2.28. The summed E-state index contributed by atoms with van der Waals surface area (Å²) < 4.78 is 34.8. The highest BCUT2D eigenvalue weighted by molar-refractivity contribution is 7.92. The summed E-state index contributed by atoms with van der Waals surface area (Å²) in [5.74, 6) is -0.0494. The van der Waals surface area contributed by atoms with E-state index in [1.54, 1.807) is 38.2 Å². The van der Waals surface area contributed by atoms with Crippen molar-refractivity contribution in [2.24, 2.45) is 7.05 Å². The van der Waals surface area contributed by atoms with Gasteiger partial charge < -0.3 is 14.6 Å². The third kappa shape index (κ3) is 6.86. The number of sulfonamides is 1. The number of aromatic nitrogens is 2. The summed E-state index contributed by atoms with van der Waals surface area (Å²) >= 11 is 13.3. The molecule has 0 unspecified atom stereocenters. The average Bonchev–Trinajstić information content (AvgIpc) is 2.80. The molecule has 0 aliphatic heterocycles. The summed E-state index contributed by atoms with van der Waals surface area (Å²) in [5, 5.41) is 4.13. The van der Waals surface area contributed by atoms with E-state index in [2.05, 4.69) is 29.9 Å². The van der Waals surface area contributed by atoms with E-state index < -0.39 is 18.1 Å². The van der Waals surface area contributed by atoms with Gasteiger partial charge in [0.15, 0.2) is 0 Å². The molecule has 202 valence electrons. The van der Waals surface area contributed by atoms with Crippen LogP contribution in [-0.2, 0) is 21.8 Å². The van der Waals surface area contributed by atoms with Gasteiger partial charge in [0.2, 0.25) is 10.0 Å². The number of hydrogen-bond acceptors (Lipinski definition) is 6. The minimum Gasteiger partial charge on any atom is -0.360 e. The van der Waals surface area contributed by atoms with Crippen molar-refractivity contribution in [1.82, 2.24) is 9.55 Å². The molecule has 1 heterocycles. The summed E-state index contributed by atoms with van der Waals surface area (Å²) in [4.78, 5) is 17.1. The molecule has 2 aromatic carbocycles. The Morgan fingerprint density at radius 3 is 2.51 bits per heavy atom. The van der Waals surface area contributed by atoms with Gasteiger partial charge in [-0.15, -0.1) is 0 Å². The molecule has 0 atom stereocenters. The molecule has 0 bridgehead atoms. The molecular formula is C25H34Cl2N4O4SSi. The number of halogens is 2. The first kappa shape index (κ1) is 29.4. The molecule has 0 spiro atoms. The second kappa shape index (κ2) is 11.7. The van der Waals surface area contributed by atoms with Crippen LogP contribution in [-0.4, -0.2) is 45.1 Å². The Morgan fingerprint density at radius 1 is 1.16 bits per heavy atom. The fraction of sp³-hybridized carbons (Fsp3) is 0.440. The molecule has 0 fully saturated rings. The molecule has 1 N–H and O–H groups in total.